The minimum absolute atomic E-state index is 0.0745. The molecule has 0 saturated heterocycles. The molecule has 0 aromatic carbocycles. The van der Waals surface area contributed by atoms with Gasteiger partial charge in [-0.15, -0.1) is 0 Å². The van der Waals surface area contributed by atoms with Crippen molar-refractivity contribution in [3.63, 3.8) is 0 Å². The number of carboxylic acids is 1. The fraction of sp³-hybridized carbons (Fsp3) is 0.778. The van der Waals surface area contributed by atoms with Crippen molar-refractivity contribution in [3.8, 4) is 0 Å². The first-order valence-electron chi connectivity index (χ1n) is 4.71. The molecule has 0 aromatic heterocycles. The molecule has 1 amide bonds. The highest BCUT2D eigenvalue weighted by molar-refractivity contribution is 7.87. The zero-order valence-corrected chi connectivity index (χ0v) is 10.0. The van der Waals surface area contributed by atoms with Crippen LogP contribution in [0.4, 0.5) is 0 Å². The zero-order valence-electron chi connectivity index (χ0n) is 9.20. The summed E-state index contributed by atoms with van der Waals surface area (Å²) in [5, 5.41) is 11.3. The Morgan fingerprint density at radius 3 is 2.33 bits per heavy atom. The average molecular weight is 235 g/mol. The van der Waals surface area contributed by atoms with E-state index in [0.717, 1.165) is 0 Å². The highest BCUT2D eigenvalue weighted by Crippen LogP contribution is 2.13. The Morgan fingerprint density at radius 1 is 1.40 bits per heavy atom. The lowest BCUT2D eigenvalue weighted by Crippen LogP contribution is -2.38. The molecule has 1 unspecified atom stereocenters. The molecule has 0 aliphatic heterocycles. The van der Waals surface area contributed by atoms with Crippen molar-refractivity contribution in [1.29, 1.82) is 0 Å². The van der Waals surface area contributed by atoms with Crippen LogP contribution < -0.4 is 5.32 Å². The van der Waals surface area contributed by atoms with Gasteiger partial charge in [0.1, 0.15) is 4.75 Å². The molecule has 0 radical (unpaired) electrons. The van der Waals surface area contributed by atoms with Gasteiger partial charge in [-0.25, -0.2) is 0 Å². The van der Waals surface area contributed by atoms with E-state index < -0.39 is 21.5 Å². The summed E-state index contributed by atoms with van der Waals surface area (Å²) in [7, 11) is -1.55. The molecule has 0 aromatic rings. The van der Waals surface area contributed by atoms with Gasteiger partial charge in [0.05, 0.1) is 0 Å². The first-order chi connectivity index (χ1) is 6.82. The van der Waals surface area contributed by atoms with E-state index in [1.165, 1.54) is 13.8 Å². The monoisotopic (exact) mass is 235 g/mol. The highest BCUT2D eigenvalue weighted by Gasteiger charge is 2.34. The number of nitrogens with one attached hydrogen (secondary N) is 1. The number of carbonyl (C=O) groups is 2. The fourth-order valence-electron chi connectivity index (χ4n) is 0.823. The molecule has 0 bridgehead atoms. The van der Waals surface area contributed by atoms with E-state index in [1.807, 2.05) is 0 Å². The summed E-state index contributed by atoms with van der Waals surface area (Å²) < 4.78 is 10.3. The number of carbonyl (C=O) groups excluding carboxylic acids is 1. The van der Waals surface area contributed by atoms with Gasteiger partial charge >= 0.3 is 5.97 Å². The van der Waals surface area contributed by atoms with Crippen molar-refractivity contribution in [2.24, 2.45) is 0 Å². The maximum absolute atomic E-state index is 11.6. The topological polar surface area (TPSA) is 83.5 Å². The molecule has 0 spiro atoms. The third kappa shape index (κ3) is 4.42. The second-order valence-electron chi connectivity index (χ2n) is 3.57. The molecule has 2 N–H and O–H groups in total. The van der Waals surface area contributed by atoms with E-state index in [2.05, 4.69) is 5.32 Å². The number of hydrogen-bond donors (Lipinski definition) is 2. The molecule has 0 aliphatic carbocycles. The Labute approximate surface area is 91.7 Å². The Morgan fingerprint density at radius 2 is 1.93 bits per heavy atom. The van der Waals surface area contributed by atoms with Crippen LogP contribution in [-0.2, 0) is 20.4 Å². The minimum Gasteiger partial charge on any atom is -0.480 e. The Kier molecular flexibility index (Phi) is 5.49. The van der Waals surface area contributed by atoms with Crippen LogP contribution in [0.1, 0.15) is 27.2 Å². The predicted molar refractivity (Wildman–Crippen MR) is 58.0 cm³/mol. The summed E-state index contributed by atoms with van der Waals surface area (Å²) in [4.78, 5) is 21.8. The van der Waals surface area contributed by atoms with E-state index in [1.54, 1.807) is 6.92 Å². The van der Waals surface area contributed by atoms with Crippen LogP contribution in [0.2, 0.25) is 0 Å². The second-order valence-corrected chi connectivity index (χ2v) is 5.69. The molecule has 0 fully saturated rings. The molecule has 0 aliphatic rings. The van der Waals surface area contributed by atoms with Crippen LogP contribution >= 0.6 is 0 Å². The average Bonchev–Trinajstić information content (AvgIpc) is 2.14. The van der Waals surface area contributed by atoms with Crippen LogP contribution in [0.15, 0.2) is 0 Å². The van der Waals surface area contributed by atoms with Gasteiger partial charge in [0, 0.05) is 29.5 Å². The molecule has 5 nitrogen and oxygen atoms in total. The van der Waals surface area contributed by atoms with Gasteiger partial charge in [-0.1, -0.05) is 0 Å². The van der Waals surface area contributed by atoms with Gasteiger partial charge in [-0.3, -0.25) is 13.8 Å². The standard InChI is InChI=1S/C9H17NO4S/c1-4-10-7(11)5-6-15(14)9(2,3)8(12)13/h4-6H2,1-3H3,(H,10,11)(H,12,13). The predicted octanol–water partition coefficient (Wildman–Crippen LogP) is 0.124. The summed E-state index contributed by atoms with van der Waals surface area (Å²) in [6.07, 6.45) is 0.0944. The molecule has 0 heterocycles. The number of hydrogen-bond acceptors (Lipinski definition) is 3. The Balaban J connectivity index is 4.15. The summed E-state index contributed by atoms with van der Waals surface area (Å²) >= 11 is 0. The van der Waals surface area contributed by atoms with Gasteiger partial charge in [-0.05, 0) is 20.8 Å². The van der Waals surface area contributed by atoms with E-state index in [4.69, 9.17) is 5.11 Å². The van der Waals surface area contributed by atoms with Crippen LogP contribution in [0.5, 0.6) is 0 Å². The molecular weight excluding hydrogens is 218 g/mol. The normalized spacial score (nSPS) is 13.3. The summed E-state index contributed by atoms with van der Waals surface area (Å²) in [6.45, 7) is 5.09. The van der Waals surface area contributed by atoms with E-state index in [0.29, 0.717) is 6.54 Å². The minimum atomic E-state index is -1.55. The third-order valence-corrected chi connectivity index (χ3v) is 3.86. The van der Waals surface area contributed by atoms with Crippen molar-refractivity contribution < 1.29 is 18.9 Å². The Bertz CT molecular complexity index is 275. The van der Waals surface area contributed by atoms with Crippen molar-refractivity contribution in [1.82, 2.24) is 5.32 Å². The quantitative estimate of drug-likeness (QED) is 0.685. The van der Waals surface area contributed by atoms with Crippen molar-refractivity contribution in [2.45, 2.75) is 31.9 Å². The molecule has 6 heteroatoms. The van der Waals surface area contributed by atoms with E-state index in [-0.39, 0.29) is 18.1 Å². The zero-order chi connectivity index (χ0) is 12.1. The van der Waals surface area contributed by atoms with Crippen molar-refractivity contribution in [3.05, 3.63) is 0 Å². The maximum Gasteiger partial charge on any atom is 0.321 e. The summed E-state index contributed by atoms with van der Waals surface area (Å²) in [5.74, 6) is -1.24. The molecule has 15 heavy (non-hydrogen) atoms. The van der Waals surface area contributed by atoms with Crippen molar-refractivity contribution >= 4 is 22.7 Å². The van der Waals surface area contributed by atoms with E-state index >= 15 is 0 Å². The molecular formula is C9H17NO4S. The fourth-order valence-corrected chi connectivity index (χ4v) is 1.90. The van der Waals surface area contributed by atoms with E-state index in [9.17, 15) is 13.8 Å². The van der Waals surface area contributed by atoms with Crippen molar-refractivity contribution in [2.75, 3.05) is 12.3 Å². The molecule has 0 rings (SSSR count). The lowest BCUT2D eigenvalue weighted by atomic mass is 10.2. The number of carboxylic acid groups (broad SMARTS) is 1. The van der Waals surface area contributed by atoms with Gasteiger partial charge in [-0.2, -0.15) is 0 Å². The molecule has 1 atom stereocenters. The van der Waals surface area contributed by atoms with Gasteiger partial charge in [0.25, 0.3) is 0 Å². The first kappa shape index (κ1) is 14.1. The largest absolute Gasteiger partial charge is 0.480 e. The highest BCUT2D eigenvalue weighted by atomic mass is 32.2. The molecule has 0 saturated carbocycles. The van der Waals surface area contributed by atoms with Crippen LogP contribution in [0.3, 0.4) is 0 Å². The van der Waals surface area contributed by atoms with Gasteiger partial charge in [0.15, 0.2) is 0 Å². The summed E-state index contributed by atoms with van der Waals surface area (Å²) in [5.41, 5.74) is 0. The first-order valence-corrected chi connectivity index (χ1v) is 6.02. The number of amides is 1. The van der Waals surface area contributed by atoms with Gasteiger partial charge < -0.3 is 10.4 Å². The second kappa shape index (κ2) is 5.85. The smallest absolute Gasteiger partial charge is 0.321 e. The lowest BCUT2D eigenvalue weighted by Gasteiger charge is -2.17. The molecule has 88 valence electrons. The third-order valence-electron chi connectivity index (χ3n) is 1.97. The number of aliphatic carboxylic acids is 1. The van der Waals surface area contributed by atoms with Crippen LogP contribution in [-0.4, -0.2) is 38.2 Å². The maximum atomic E-state index is 11.6. The van der Waals surface area contributed by atoms with Gasteiger partial charge in [0.2, 0.25) is 5.91 Å². The Hall–Kier alpha value is -0.910. The number of rotatable bonds is 6. The summed E-state index contributed by atoms with van der Waals surface area (Å²) in [6, 6.07) is 0. The van der Waals surface area contributed by atoms with Crippen LogP contribution in [0, 0.1) is 0 Å². The van der Waals surface area contributed by atoms with Crippen LogP contribution in [0.25, 0.3) is 0 Å². The lowest BCUT2D eigenvalue weighted by molar-refractivity contribution is -0.139. The SMILES string of the molecule is CCNC(=O)CCS(=O)C(C)(C)C(=O)O.